The van der Waals surface area contributed by atoms with Crippen LogP contribution in [0.2, 0.25) is 0 Å². The van der Waals surface area contributed by atoms with Crippen LogP contribution in [-0.4, -0.2) is 17.1 Å². The first-order valence-electron chi connectivity index (χ1n) is 9.14. The second-order valence-electron chi connectivity index (χ2n) is 6.71. The fraction of sp³-hybridized carbons (Fsp3) is 0.130. The molecule has 0 saturated heterocycles. The van der Waals surface area contributed by atoms with Gasteiger partial charge in [0.15, 0.2) is 0 Å². The molecule has 3 aromatic carbocycles. The number of hydrogen-bond donors (Lipinski definition) is 2. The Bertz CT molecular complexity index is 1120. The van der Waals surface area contributed by atoms with E-state index in [9.17, 15) is 0 Å². The van der Waals surface area contributed by atoms with Gasteiger partial charge in [-0.25, -0.2) is 4.98 Å². The number of ether oxygens (including phenoxy) is 1. The summed E-state index contributed by atoms with van der Waals surface area (Å²) in [5, 5.41) is 7.73. The molecular formula is C23H22N4O. The Kier molecular flexibility index (Phi) is 4.81. The van der Waals surface area contributed by atoms with Crippen LogP contribution in [0.15, 0.2) is 66.7 Å². The van der Waals surface area contributed by atoms with Crippen LogP contribution in [0.5, 0.6) is 5.75 Å². The summed E-state index contributed by atoms with van der Waals surface area (Å²) >= 11 is 0. The van der Waals surface area contributed by atoms with E-state index in [0.717, 1.165) is 39.4 Å². The van der Waals surface area contributed by atoms with Crippen LogP contribution in [-0.2, 0) is 0 Å². The summed E-state index contributed by atoms with van der Waals surface area (Å²) in [6.07, 6.45) is 0. The maximum absolute atomic E-state index is 5.23. The number of aromatic nitrogens is 2. The van der Waals surface area contributed by atoms with Gasteiger partial charge in [0, 0.05) is 16.8 Å². The lowest BCUT2D eigenvalue weighted by Gasteiger charge is -2.13. The number of aryl methyl sites for hydroxylation is 2. The molecule has 0 fully saturated rings. The molecule has 0 aliphatic rings. The van der Waals surface area contributed by atoms with Crippen molar-refractivity contribution in [2.45, 2.75) is 13.8 Å². The van der Waals surface area contributed by atoms with E-state index in [1.54, 1.807) is 7.11 Å². The van der Waals surface area contributed by atoms with Crippen molar-refractivity contribution < 1.29 is 4.74 Å². The second kappa shape index (κ2) is 7.56. The van der Waals surface area contributed by atoms with Crippen molar-refractivity contribution in [2.24, 2.45) is 0 Å². The Hall–Kier alpha value is -3.60. The third kappa shape index (κ3) is 3.74. The molecule has 0 unspecified atom stereocenters. The van der Waals surface area contributed by atoms with Gasteiger partial charge in [0.05, 0.1) is 12.6 Å². The Morgan fingerprint density at radius 2 is 1.61 bits per heavy atom. The van der Waals surface area contributed by atoms with E-state index in [2.05, 4.69) is 47.7 Å². The highest BCUT2D eigenvalue weighted by atomic mass is 16.5. The van der Waals surface area contributed by atoms with Crippen LogP contribution >= 0.6 is 0 Å². The minimum Gasteiger partial charge on any atom is -0.497 e. The highest BCUT2D eigenvalue weighted by molar-refractivity contribution is 5.92. The largest absolute Gasteiger partial charge is 0.497 e. The van der Waals surface area contributed by atoms with Crippen LogP contribution in [0.1, 0.15) is 11.1 Å². The van der Waals surface area contributed by atoms with Crippen molar-refractivity contribution in [3.05, 3.63) is 77.9 Å². The molecule has 2 N–H and O–H groups in total. The van der Waals surface area contributed by atoms with Crippen molar-refractivity contribution in [1.82, 2.24) is 9.97 Å². The van der Waals surface area contributed by atoms with Gasteiger partial charge in [-0.3, -0.25) is 0 Å². The third-order valence-electron chi connectivity index (χ3n) is 4.60. The molecule has 0 aliphatic carbocycles. The van der Waals surface area contributed by atoms with Gasteiger partial charge in [0.2, 0.25) is 5.95 Å². The molecule has 4 aromatic rings. The number of methoxy groups -OCH3 is 1. The van der Waals surface area contributed by atoms with Crippen molar-refractivity contribution >= 4 is 34.0 Å². The molecule has 5 heteroatoms. The number of para-hydroxylation sites is 1. The van der Waals surface area contributed by atoms with Crippen LogP contribution in [0.4, 0.5) is 23.1 Å². The van der Waals surface area contributed by atoms with Gasteiger partial charge in [0.25, 0.3) is 0 Å². The van der Waals surface area contributed by atoms with Gasteiger partial charge in [-0.1, -0.05) is 24.3 Å². The summed E-state index contributed by atoms with van der Waals surface area (Å²) < 4.78 is 5.23. The Balaban J connectivity index is 1.73. The highest BCUT2D eigenvalue weighted by Gasteiger charge is 2.09. The second-order valence-corrected chi connectivity index (χ2v) is 6.71. The summed E-state index contributed by atoms with van der Waals surface area (Å²) in [6, 6.07) is 22.0. The lowest BCUT2D eigenvalue weighted by atomic mass is 10.1. The SMILES string of the molecule is COc1ccc(Nc2nc(Nc3cc(C)ccc3C)nc3ccccc23)cc1. The molecule has 140 valence electrons. The molecule has 0 spiro atoms. The van der Waals surface area contributed by atoms with Crippen molar-refractivity contribution in [3.8, 4) is 5.75 Å². The minimum absolute atomic E-state index is 0.559. The van der Waals surface area contributed by atoms with E-state index in [-0.39, 0.29) is 0 Å². The Labute approximate surface area is 164 Å². The molecule has 0 bridgehead atoms. The third-order valence-corrected chi connectivity index (χ3v) is 4.60. The van der Waals surface area contributed by atoms with E-state index in [1.807, 2.05) is 48.5 Å². The van der Waals surface area contributed by atoms with Crippen LogP contribution in [0.3, 0.4) is 0 Å². The monoisotopic (exact) mass is 370 g/mol. The number of nitrogens with one attached hydrogen (secondary N) is 2. The molecular weight excluding hydrogens is 348 g/mol. The van der Waals surface area contributed by atoms with E-state index in [0.29, 0.717) is 5.95 Å². The van der Waals surface area contributed by atoms with Crippen molar-refractivity contribution in [2.75, 3.05) is 17.7 Å². The van der Waals surface area contributed by atoms with E-state index < -0.39 is 0 Å². The average molecular weight is 370 g/mol. The van der Waals surface area contributed by atoms with E-state index >= 15 is 0 Å². The topological polar surface area (TPSA) is 59.1 Å². The van der Waals surface area contributed by atoms with Gasteiger partial charge in [0.1, 0.15) is 11.6 Å². The number of nitrogens with zero attached hydrogens (tertiary/aromatic N) is 2. The maximum Gasteiger partial charge on any atom is 0.229 e. The van der Waals surface area contributed by atoms with Crippen LogP contribution in [0, 0.1) is 13.8 Å². The highest BCUT2D eigenvalue weighted by Crippen LogP contribution is 2.28. The first-order chi connectivity index (χ1) is 13.6. The molecule has 0 radical (unpaired) electrons. The number of hydrogen-bond acceptors (Lipinski definition) is 5. The lowest BCUT2D eigenvalue weighted by Crippen LogP contribution is -2.03. The molecule has 4 rings (SSSR count). The molecule has 0 atom stereocenters. The molecule has 0 amide bonds. The van der Waals surface area contributed by atoms with E-state index in [4.69, 9.17) is 9.72 Å². The smallest absolute Gasteiger partial charge is 0.229 e. The number of anilines is 4. The summed E-state index contributed by atoms with van der Waals surface area (Å²) in [6.45, 7) is 4.14. The predicted octanol–water partition coefficient (Wildman–Crippen LogP) is 5.74. The predicted molar refractivity (Wildman–Crippen MR) is 115 cm³/mol. The summed E-state index contributed by atoms with van der Waals surface area (Å²) in [7, 11) is 1.66. The first kappa shape index (κ1) is 17.8. The lowest BCUT2D eigenvalue weighted by molar-refractivity contribution is 0.415. The van der Waals surface area contributed by atoms with Gasteiger partial charge < -0.3 is 15.4 Å². The molecule has 28 heavy (non-hydrogen) atoms. The number of benzene rings is 3. The number of fused-ring (bicyclic) bond motifs is 1. The summed E-state index contributed by atoms with van der Waals surface area (Å²) in [5.41, 5.74) is 5.15. The number of rotatable bonds is 5. The summed E-state index contributed by atoms with van der Waals surface area (Å²) in [4.78, 5) is 9.43. The molecule has 1 heterocycles. The minimum atomic E-state index is 0.559. The zero-order chi connectivity index (χ0) is 19.5. The molecule has 1 aromatic heterocycles. The van der Waals surface area contributed by atoms with Crippen molar-refractivity contribution in [1.29, 1.82) is 0 Å². The van der Waals surface area contributed by atoms with Crippen molar-refractivity contribution in [3.63, 3.8) is 0 Å². The van der Waals surface area contributed by atoms with Gasteiger partial charge in [-0.15, -0.1) is 0 Å². The Morgan fingerprint density at radius 1 is 0.821 bits per heavy atom. The Morgan fingerprint density at radius 3 is 2.39 bits per heavy atom. The van der Waals surface area contributed by atoms with Gasteiger partial charge in [-0.2, -0.15) is 4.98 Å². The molecule has 5 nitrogen and oxygen atoms in total. The fourth-order valence-corrected chi connectivity index (χ4v) is 3.03. The van der Waals surface area contributed by atoms with Crippen LogP contribution < -0.4 is 15.4 Å². The quantitative estimate of drug-likeness (QED) is 0.469. The normalized spacial score (nSPS) is 10.7. The molecule has 0 saturated carbocycles. The fourth-order valence-electron chi connectivity index (χ4n) is 3.03. The van der Waals surface area contributed by atoms with Gasteiger partial charge >= 0.3 is 0 Å². The zero-order valence-corrected chi connectivity index (χ0v) is 16.2. The zero-order valence-electron chi connectivity index (χ0n) is 16.2. The molecule has 0 aliphatic heterocycles. The van der Waals surface area contributed by atoms with E-state index in [1.165, 1.54) is 5.56 Å². The first-order valence-corrected chi connectivity index (χ1v) is 9.14. The van der Waals surface area contributed by atoms with Crippen LogP contribution in [0.25, 0.3) is 10.9 Å². The van der Waals surface area contributed by atoms with Gasteiger partial charge in [-0.05, 0) is 67.4 Å². The average Bonchev–Trinajstić information content (AvgIpc) is 2.71. The maximum atomic E-state index is 5.23. The summed E-state index contributed by atoms with van der Waals surface area (Å²) in [5.74, 6) is 2.13. The standard InChI is InChI=1S/C23H22N4O/c1-15-8-9-16(2)21(14-15)26-23-25-20-7-5-4-6-19(20)22(27-23)24-17-10-12-18(28-3)13-11-17/h4-14H,1-3H3,(H2,24,25,26,27).